The predicted molar refractivity (Wildman–Crippen MR) is 233 cm³/mol. The van der Waals surface area contributed by atoms with Crippen molar-refractivity contribution in [3.05, 3.63) is 72.9 Å². The number of esters is 2. The molecule has 328 valence electrons. The lowest BCUT2D eigenvalue weighted by atomic mass is 10.1. The molecule has 0 radical (unpaired) electrons. The summed E-state index contributed by atoms with van der Waals surface area (Å²) >= 11 is 0. The van der Waals surface area contributed by atoms with E-state index < -0.39 is 51.8 Å². The second kappa shape index (κ2) is 41.6. The molecule has 0 aliphatic rings. The number of aliphatic hydroxyl groups is 2. The molecule has 0 bridgehead atoms. The number of carbonyl (C=O) groups excluding carboxylic acids is 2. The van der Waals surface area contributed by atoms with E-state index in [4.69, 9.17) is 19.1 Å². The molecule has 0 fully saturated rings. The Bertz CT molecular complexity index is 1180. The summed E-state index contributed by atoms with van der Waals surface area (Å²) in [6.45, 7) is 2.26. The second-order valence-corrected chi connectivity index (χ2v) is 15.8. The van der Waals surface area contributed by atoms with E-state index in [1.807, 2.05) is 0 Å². The van der Waals surface area contributed by atoms with Crippen LogP contribution in [0.5, 0.6) is 0 Å². The molecule has 10 nitrogen and oxygen atoms in total. The Morgan fingerprint density at radius 2 is 0.912 bits per heavy atom. The molecule has 57 heavy (non-hydrogen) atoms. The van der Waals surface area contributed by atoms with Crippen molar-refractivity contribution in [1.82, 2.24) is 0 Å². The van der Waals surface area contributed by atoms with Crippen molar-refractivity contribution >= 4 is 19.8 Å². The van der Waals surface area contributed by atoms with E-state index >= 15 is 0 Å². The number of allylic oxidation sites excluding steroid dienone is 12. The predicted octanol–water partition coefficient (Wildman–Crippen LogP) is 11.7. The van der Waals surface area contributed by atoms with E-state index in [9.17, 15) is 24.2 Å². The van der Waals surface area contributed by atoms with Crippen LogP contribution in [0.25, 0.3) is 0 Å². The highest BCUT2D eigenvalue weighted by atomic mass is 31.2. The largest absolute Gasteiger partial charge is 0.472 e. The molecule has 0 heterocycles. The van der Waals surface area contributed by atoms with E-state index in [2.05, 4.69) is 91.3 Å². The quantitative estimate of drug-likeness (QED) is 0.0236. The summed E-state index contributed by atoms with van der Waals surface area (Å²) in [5.41, 5.74) is 0. The van der Waals surface area contributed by atoms with Crippen LogP contribution in [0.3, 0.4) is 0 Å². The second-order valence-electron chi connectivity index (χ2n) is 14.4. The molecule has 3 N–H and O–H groups in total. The van der Waals surface area contributed by atoms with Crippen LogP contribution >= 0.6 is 7.82 Å². The fraction of sp³-hybridized carbons (Fsp3) is 0.696. The summed E-state index contributed by atoms with van der Waals surface area (Å²) < 4.78 is 32.6. The fourth-order valence-electron chi connectivity index (χ4n) is 5.42. The number of rotatable bonds is 40. The molecule has 11 heteroatoms. The third-order valence-corrected chi connectivity index (χ3v) is 9.78. The van der Waals surface area contributed by atoms with Crippen molar-refractivity contribution in [3.63, 3.8) is 0 Å². The molecule has 0 saturated carbocycles. The lowest BCUT2D eigenvalue weighted by Crippen LogP contribution is -2.29. The summed E-state index contributed by atoms with van der Waals surface area (Å²) in [5.74, 6) is -1.00. The van der Waals surface area contributed by atoms with E-state index in [0.29, 0.717) is 12.8 Å². The first-order chi connectivity index (χ1) is 27.7. The number of aliphatic hydroxyl groups excluding tert-OH is 2. The van der Waals surface area contributed by atoms with Crippen LogP contribution in [0.2, 0.25) is 0 Å². The Balaban J connectivity index is 4.42. The van der Waals surface area contributed by atoms with Crippen molar-refractivity contribution in [1.29, 1.82) is 0 Å². The molecule has 1 unspecified atom stereocenters. The van der Waals surface area contributed by atoms with Gasteiger partial charge in [0, 0.05) is 12.8 Å². The molecule has 3 atom stereocenters. The van der Waals surface area contributed by atoms with Gasteiger partial charge in [-0.15, -0.1) is 0 Å². The van der Waals surface area contributed by atoms with Crippen LogP contribution in [0, 0.1) is 0 Å². The van der Waals surface area contributed by atoms with Gasteiger partial charge in [0.2, 0.25) is 0 Å². The zero-order valence-corrected chi connectivity index (χ0v) is 36.4. The average molecular weight is 823 g/mol. The Morgan fingerprint density at radius 1 is 0.526 bits per heavy atom. The van der Waals surface area contributed by atoms with Crippen molar-refractivity contribution in [3.8, 4) is 0 Å². The zero-order valence-electron chi connectivity index (χ0n) is 35.5. The van der Waals surface area contributed by atoms with Gasteiger partial charge in [0.05, 0.1) is 19.8 Å². The number of hydrogen-bond donors (Lipinski definition) is 3. The van der Waals surface area contributed by atoms with Gasteiger partial charge >= 0.3 is 19.8 Å². The van der Waals surface area contributed by atoms with Crippen molar-refractivity contribution in [2.75, 3.05) is 26.4 Å². The minimum atomic E-state index is -4.64. The van der Waals surface area contributed by atoms with Crippen molar-refractivity contribution in [2.45, 2.75) is 180 Å². The lowest BCUT2D eigenvalue weighted by molar-refractivity contribution is -0.161. The van der Waals surface area contributed by atoms with Gasteiger partial charge in [-0.2, -0.15) is 0 Å². The number of phosphoric ester groups is 1. The van der Waals surface area contributed by atoms with Crippen LogP contribution in [0.1, 0.15) is 168 Å². The Labute approximate surface area is 346 Å². The zero-order chi connectivity index (χ0) is 41.9. The van der Waals surface area contributed by atoms with E-state index in [-0.39, 0.29) is 19.4 Å². The SMILES string of the molecule is CCCCC/C=C/C/C=C/C/C=C/C/C=C/CCCCCC(=O)OC[C@H](COP(=O)(O)OC[C@@H](O)CO)OC(=O)CCCC/C=C/C/C=C/CCCCCCCC. The van der Waals surface area contributed by atoms with Gasteiger partial charge in [0.25, 0.3) is 0 Å². The molecule has 0 aliphatic carbocycles. The fourth-order valence-corrected chi connectivity index (χ4v) is 6.21. The van der Waals surface area contributed by atoms with E-state index in [1.54, 1.807) is 0 Å². The number of ether oxygens (including phenoxy) is 2. The Kier molecular flexibility index (Phi) is 39.7. The molecule has 0 aliphatic heterocycles. The monoisotopic (exact) mass is 823 g/mol. The minimum Gasteiger partial charge on any atom is -0.462 e. The first-order valence-corrected chi connectivity index (χ1v) is 23.4. The number of phosphoric acid groups is 1. The highest BCUT2D eigenvalue weighted by Gasteiger charge is 2.27. The molecule has 0 aromatic heterocycles. The summed E-state index contributed by atoms with van der Waals surface area (Å²) in [7, 11) is -4.64. The third-order valence-electron chi connectivity index (χ3n) is 8.83. The van der Waals surface area contributed by atoms with Gasteiger partial charge in [-0.3, -0.25) is 18.6 Å². The maximum absolute atomic E-state index is 12.6. The van der Waals surface area contributed by atoms with Crippen LogP contribution < -0.4 is 0 Å². The number of hydrogen-bond acceptors (Lipinski definition) is 9. The van der Waals surface area contributed by atoms with Crippen molar-refractivity contribution < 1.29 is 47.8 Å². The van der Waals surface area contributed by atoms with Crippen molar-refractivity contribution in [2.24, 2.45) is 0 Å². The minimum absolute atomic E-state index is 0.131. The van der Waals surface area contributed by atoms with Gasteiger partial charge in [-0.25, -0.2) is 4.57 Å². The summed E-state index contributed by atoms with van der Waals surface area (Å²) in [6, 6.07) is 0. The highest BCUT2D eigenvalue weighted by molar-refractivity contribution is 7.47. The number of unbranched alkanes of at least 4 members (excludes halogenated alkanes) is 14. The van der Waals surface area contributed by atoms with Gasteiger partial charge in [0.15, 0.2) is 6.10 Å². The van der Waals surface area contributed by atoms with Crippen LogP contribution in [-0.2, 0) is 32.7 Å². The highest BCUT2D eigenvalue weighted by Crippen LogP contribution is 2.43. The molecule has 0 aromatic carbocycles. The summed E-state index contributed by atoms with van der Waals surface area (Å²) in [4.78, 5) is 35.0. The molecule has 0 aromatic rings. The Morgan fingerprint density at radius 3 is 1.44 bits per heavy atom. The average Bonchev–Trinajstić information content (AvgIpc) is 3.20. The summed E-state index contributed by atoms with van der Waals surface area (Å²) in [5, 5.41) is 18.3. The normalized spacial score (nSPS) is 14.5. The Hall–Kier alpha value is -2.59. The third kappa shape index (κ3) is 41.4. The lowest BCUT2D eigenvalue weighted by Gasteiger charge is -2.20. The summed E-state index contributed by atoms with van der Waals surface area (Å²) in [6.07, 6.45) is 47.3. The van der Waals surface area contributed by atoms with Gasteiger partial charge in [-0.1, -0.05) is 138 Å². The first-order valence-electron chi connectivity index (χ1n) is 21.9. The molecule has 0 rings (SSSR count). The molecule has 0 spiro atoms. The van der Waals surface area contributed by atoms with E-state index in [1.165, 1.54) is 64.2 Å². The van der Waals surface area contributed by atoms with Crippen LogP contribution in [-0.4, -0.2) is 65.7 Å². The van der Waals surface area contributed by atoms with Gasteiger partial charge in [0.1, 0.15) is 12.7 Å². The first kappa shape index (κ1) is 54.4. The van der Waals surface area contributed by atoms with Gasteiger partial charge < -0.3 is 24.6 Å². The van der Waals surface area contributed by atoms with E-state index in [0.717, 1.165) is 64.2 Å². The molecular formula is C46H79O10P. The van der Waals surface area contributed by atoms with Gasteiger partial charge in [-0.05, 0) is 89.9 Å². The molecule has 0 saturated heterocycles. The number of carbonyl (C=O) groups is 2. The smallest absolute Gasteiger partial charge is 0.462 e. The molecular weight excluding hydrogens is 743 g/mol. The standard InChI is InChI=1S/C46H79O10P/c1-3-5-7-9-11-13-15-17-19-20-21-22-24-25-27-29-31-33-35-37-45(49)53-41-44(42-55-57(51,52)54-40-43(48)39-47)56-46(50)38-36-34-32-30-28-26-23-18-16-14-12-10-8-6-4-2/h11,13,17-19,21-23,25,27-28,30,43-44,47-48H,3-10,12,14-16,20,24,26,29,31-42H2,1-2H3,(H,51,52)/b13-11+,19-17+,22-21+,23-18+,27-25+,30-28+/t43-,44+/m0/s1. The maximum Gasteiger partial charge on any atom is 0.472 e. The van der Waals surface area contributed by atoms with Crippen LogP contribution in [0.4, 0.5) is 0 Å². The maximum atomic E-state index is 12.6. The topological polar surface area (TPSA) is 149 Å². The molecule has 0 amide bonds. The van der Waals surface area contributed by atoms with Crippen LogP contribution in [0.15, 0.2) is 72.9 Å².